The Morgan fingerprint density at radius 3 is 2.32 bits per heavy atom. The fraction of sp³-hybridized carbons (Fsp3) is 0.733. The van der Waals surface area contributed by atoms with Gasteiger partial charge in [-0.05, 0) is 17.8 Å². The van der Waals surface area contributed by atoms with Crippen molar-refractivity contribution >= 4 is 27.4 Å². The van der Waals surface area contributed by atoms with E-state index in [9.17, 15) is 14.9 Å². The van der Waals surface area contributed by atoms with Gasteiger partial charge in [0, 0.05) is 6.42 Å². The molecule has 1 aromatic rings. The van der Waals surface area contributed by atoms with Crippen LogP contribution < -0.4 is 5.32 Å². The molecule has 0 aliphatic heterocycles. The minimum atomic E-state index is -0.506. The highest BCUT2D eigenvalue weighted by Gasteiger charge is 2.13. The number of carbonyl (C=O) groups is 1. The number of rotatable bonds is 12. The first-order valence-electron chi connectivity index (χ1n) is 8.03. The molecule has 0 spiro atoms. The lowest BCUT2D eigenvalue weighted by Gasteiger charge is -2.02. The number of unbranched alkanes of at least 4 members (excludes halogenated alkanes) is 8. The molecule has 1 aromatic heterocycles. The summed E-state index contributed by atoms with van der Waals surface area (Å²) >= 11 is 0.884. The predicted octanol–water partition coefficient (Wildman–Crippen LogP) is 4.91. The van der Waals surface area contributed by atoms with Crippen molar-refractivity contribution in [3.8, 4) is 0 Å². The molecule has 0 saturated carbocycles. The highest BCUT2D eigenvalue weighted by Crippen LogP contribution is 2.25. The highest BCUT2D eigenvalue weighted by atomic mass is 32.1. The summed E-state index contributed by atoms with van der Waals surface area (Å²) in [7, 11) is 0. The fourth-order valence-corrected chi connectivity index (χ4v) is 2.83. The first-order valence-corrected chi connectivity index (χ1v) is 8.85. The molecule has 0 fully saturated rings. The first kappa shape index (κ1) is 18.5. The number of hydrogen-bond donors (Lipinski definition) is 1. The lowest BCUT2D eigenvalue weighted by molar-refractivity contribution is -0.380. The van der Waals surface area contributed by atoms with Crippen LogP contribution in [0.2, 0.25) is 0 Å². The average Bonchev–Trinajstić information content (AvgIpc) is 2.94. The molecule has 1 heterocycles. The van der Waals surface area contributed by atoms with Crippen LogP contribution in [0.1, 0.15) is 71.1 Å². The molecule has 6 nitrogen and oxygen atoms in total. The molecule has 0 bridgehead atoms. The summed E-state index contributed by atoms with van der Waals surface area (Å²) in [5, 5.41) is 13.4. The fourth-order valence-electron chi connectivity index (χ4n) is 2.19. The van der Waals surface area contributed by atoms with Crippen LogP contribution in [0.25, 0.3) is 0 Å². The molecule has 1 amide bonds. The Morgan fingerprint density at radius 1 is 1.18 bits per heavy atom. The van der Waals surface area contributed by atoms with E-state index >= 15 is 0 Å². The van der Waals surface area contributed by atoms with Crippen molar-refractivity contribution in [1.29, 1.82) is 0 Å². The second-order valence-electron chi connectivity index (χ2n) is 5.39. The van der Waals surface area contributed by atoms with Gasteiger partial charge in [-0.15, -0.1) is 0 Å². The zero-order valence-electron chi connectivity index (χ0n) is 13.2. The number of anilines is 1. The van der Waals surface area contributed by atoms with Crippen LogP contribution in [0.3, 0.4) is 0 Å². The number of nitrogens with zero attached hydrogens (tertiary/aromatic N) is 2. The van der Waals surface area contributed by atoms with E-state index in [-0.39, 0.29) is 10.9 Å². The molecule has 0 saturated heterocycles. The average molecular weight is 327 g/mol. The molecule has 1 rings (SSSR count). The zero-order chi connectivity index (χ0) is 16.2. The highest BCUT2D eigenvalue weighted by molar-refractivity contribution is 7.18. The number of amides is 1. The number of nitro groups is 1. The maximum Gasteiger partial charge on any atom is 0.345 e. The second kappa shape index (κ2) is 11.1. The van der Waals surface area contributed by atoms with Crippen LogP contribution in [0.4, 0.5) is 10.1 Å². The summed E-state index contributed by atoms with van der Waals surface area (Å²) in [6, 6.07) is 0. The standard InChI is InChI=1S/C15H25N3O3S/c1-2-3-4-5-6-7-8-9-10-11-13(19)17-15-16-12-14(22-15)18(20)21/h12H,2-11H2,1H3,(H,16,17,19). The topological polar surface area (TPSA) is 85.1 Å². The largest absolute Gasteiger partial charge is 0.345 e. The molecule has 0 aromatic carbocycles. The van der Waals surface area contributed by atoms with E-state index in [1.807, 2.05) is 0 Å². The number of thiazole rings is 1. The van der Waals surface area contributed by atoms with Crippen molar-refractivity contribution in [1.82, 2.24) is 4.98 Å². The van der Waals surface area contributed by atoms with E-state index in [0.29, 0.717) is 11.6 Å². The van der Waals surface area contributed by atoms with Gasteiger partial charge in [-0.3, -0.25) is 14.9 Å². The van der Waals surface area contributed by atoms with Gasteiger partial charge in [0.25, 0.3) is 0 Å². The van der Waals surface area contributed by atoms with Crippen LogP contribution in [-0.4, -0.2) is 15.8 Å². The Kier molecular flexibility index (Phi) is 9.37. The molecule has 0 atom stereocenters. The molecule has 0 radical (unpaired) electrons. The smallest absolute Gasteiger partial charge is 0.302 e. The monoisotopic (exact) mass is 327 g/mol. The van der Waals surface area contributed by atoms with Crippen molar-refractivity contribution in [2.45, 2.75) is 71.1 Å². The molecular formula is C15H25N3O3S. The third kappa shape index (κ3) is 8.07. The van der Waals surface area contributed by atoms with Crippen molar-refractivity contribution < 1.29 is 9.72 Å². The van der Waals surface area contributed by atoms with Crippen LogP contribution >= 0.6 is 11.3 Å². The van der Waals surface area contributed by atoms with Gasteiger partial charge in [0.15, 0.2) is 5.13 Å². The van der Waals surface area contributed by atoms with Crippen molar-refractivity contribution in [2.75, 3.05) is 5.32 Å². The van der Waals surface area contributed by atoms with Gasteiger partial charge in [-0.1, -0.05) is 58.3 Å². The van der Waals surface area contributed by atoms with E-state index in [1.165, 1.54) is 51.1 Å². The summed E-state index contributed by atoms with van der Waals surface area (Å²) in [6.07, 6.45) is 12.5. The van der Waals surface area contributed by atoms with Gasteiger partial charge in [0.1, 0.15) is 6.20 Å². The first-order chi connectivity index (χ1) is 10.6. The molecular weight excluding hydrogens is 302 g/mol. The lowest BCUT2D eigenvalue weighted by atomic mass is 10.1. The number of nitrogens with one attached hydrogen (secondary N) is 1. The predicted molar refractivity (Wildman–Crippen MR) is 89.2 cm³/mol. The van der Waals surface area contributed by atoms with Gasteiger partial charge in [-0.25, -0.2) is 4.98 Å². The van der Waals surface area contributed by atoms with Crippen molar-refractivity contribution in [2.24, 2.45) is 0 Å². The molecule has 22 heavy (non-hydrogen) atoms. The lowest BCUT2D eigenvalue weighted by Crippen LogP contribution is -2.10. The quantitative estimate of drug-likeness (QED) is 0.336. The van der Waals surface area contributed by atoms with Gasteiger partial charge in [0.2, 0.25) is 5.91 Å². The van der Waals surface area contributed by atoms with E-state index in [0.717, 1.165) is 24.2 Å². The van der Waals surface area contributed by atoms with E-state index in [1.54, 1.807) is 0 Å². The summed E-state index contributed by atoms with van der Waals surface area (Å²) in [6.45, 7) is 2.22. The van der Waals surface area contributed by atoms with Crippen LogP contribution in [0.5, 0.6) is 0 Å². The van der Waals surface area contributed by atoms with E-state index in [2.05, 4.69) is 17.2 Å². The number of aromatic nitrogens is 1. The van der Waals surface area contributed by atoms with Gasteiger partial charge >= 0.3 is 5.00 Å². The Morgan fingerprint density at radius 2 is 1.77 bits per heavy atom. The number of hydrogen-bond acceptors (Lipinski definition) is 5. The minimum Gasteiger partial charge on any atom is -0.302 e. The third-order valence-electron chi connectivity index (χ3n) is 3.43. The zero-order valence-corrected chi connectivity index (χ0v) is 14.0. The van der Waals surface area contributed by atoms with E-state index in [4.69, 9.17) is 0 Å². The summed E-state index contributed by atoms with van der Waals surface area (Å²) in [5.41, 5.74) is 0. The Balaban J connectivity index is 2.02. The summed E-state index contributed by atoms with van der Waals surface area (Å²) < 4.78 is 0. The Labute approximate surface area is 135 Å². The molecule has 0 aliphatic rings. The van der Waals surface area contributed by atoms with E-state index < -0.39 is 4.92 Å². The van der Waals surface area contributed by atoms with Crippen LogP contribution in [-0.2, 0) is 4.79 Å². The molecule has 1 N–H and O–H groups in total. The SMILES string of the molecule is CCCCCCCCCCCC(=O)Nc1ncc([N+](=O)[O-])s1. The van der Waals surface area contributed by atoms with Gasteiger partial charge < -0.3 is 5.32 Å². The molecule has 0 aliphatic carbocycles. The van der Waals surface area contributed by atoms with Crippen LogP contribution in [0.15, 0.2) is 6.20 Å². The van der Waals surface area contributed by atoms with Crippen molar-refractivity contribution in [3.05, 3.63) is 16.3 Å². The normalized spacial score (nSPS) is 10.6. The van der Waals surface area contributed by atoms with Crippen molar-refractivity contribution in [3.63, 3.8) is 0 Å². The minimum absolute atomic E-state index is 0.0571. The Hall–Kier alpha value is -1.50. The van der Waals surface area contributed by atoms with Gasteiger partial charge in [-0.2, -0.15) is 0 Å². The Bertz CT molecular complexity index is 463. The summed E-state index contributed by atoms with van der Waals surface area (Å²) in [5.74, 6) is -0.118. The second-order valence-corrected chi connectivity index (χ2v) is 6.40. The maximum absolute atomic E-state index is 11.7. The maximum atomic E-state index is 11.7. The van der Waals surface area contributed by atoms with Crippen LogP contribution in [0, 0.1) is 10.1 Å². The molecule has 124 valence electrons. The van der Waals surface area contributed by atoms with Gasteiger partial charge in [0.05, 0.1) is 4.92 Å². The molecule has 0 unspecified atom stereocenters. The molecule has 7 heteroatoms. The number of carbonyl (C=O) groups excluding carboxylic acids is 1. The summed E-state index contributed by atoms with van der Waals surface area (Å²) in [4.78, 5) is 25.5. The third-order valence-corrected chi connectivity index (χ3v) is 4.29.